The van der Waals surface area contributed by atoms with Gasteiger partial charge in [0.05, 0.1) is 5.02 Å². The summed E-state index contributed by atoms with van der Waals surface area (Å²) in [6.45, 7) is 2.04. The van der Waals surface area contributed by atoms with Crippen molar-refractivity contribution in [2.75, 3.05) is 7.05 Å². The molecule has 4 heteroatoms. The molecule has 1 nitrogen and oxygen atoms in total. The van der Waals surface area contributed by atoms with Crippen molar-refractivity contribution in [1.82, 2.24) is 5.32 Å². The molecule has 0 saturated carbocycles. The Balaban J connectivity index is 2.28. The highest BCUT2D eigenvalue weighted by Crippen LogP contribution is 2.26. The van der Waals surface area contributed by atoms with Crippen molar-refractivity contribution in [3.63, 3.8) is 0 Å². The summed E-state index contributed by atoms with van der Waals surface area (Å²) in [5.41, 5.74) is 2.92. The minimum absolute atomic E-state index is 0.0507. The molecule has 0 amide bonds. The number of likely N-dealkylation sites (N-methyl/N-ethyl adjacent to an activating group) is 1. The van der Waals surface area contributed by atoms with Crippen molar-refractivity contribution >= 4 is 27.5 Å². The van der Waals surface area contributed by atoms with E-state index in [0.717, 1.165) is 15.6 Å². The van der Waals surface area contributed by atoms with Crippen LogP contribution in [0.15, 0.2) is 40.9 Å². The van der Waals surface area contributed by atoms with Crippen molar-refractivity contribution in [1.29, 1.82) is 0 Å². The highest BCUT2D eigenvalue weighted by Gasteiger charge is 2.15. The summed E-state index contributed by atoms with van der Waals surface area (Å²) in [5, 5.41) is 3.41. The van der Waals surface area contributed by atoms with Crippen molar-refractivity contribution in [3.05, 3.63) is 68.4 Å². The molecule has 106 valence electrons. The van der Waals surface area contributed by atoms with E-state index in [9.17, 15) is 4.39 Å². The zero-order valence-electron chi connectivity index (χ0n) is 11.4. The molecule has 0 aromatic heterocycles. The molecule has 0 fully saturated rings. The third-order valence-corrected chi connectivity index (χ3v) is 4.57. The van der Waals surface area contributed by atoms with E-state index in [1.54, 1.807) is 18.2 Å². The summed E-state index contributed by atoms with van der Waals surface area (Å²) < 4.78 is 15.1. The SMILES string of the molecule is CNC(Cc1cccc(Cl)c1F)c1ccc(Br)c(C)c1. The third kappa shape index (κ3) is 3.40. The summed E-state index contributed by atoms with van der Waals surface area (Å²) in [6, 6.07) is 11.3. The van der Waals surface area contributed by atoms with Gasteiger partial charge in [-0.25, -0.2) is 4.39 Å². The van der Waals surface area contributed by atoms with Crippen LogP contribution in [0.2, 0.25) is 5.02 Å². The van der Waals surface area contributed by atoms with Crippen LogP contribution in [-0.2, 0) is 6.42 Å². The first kappa shape index (κ1) is 15.5. The monoisotopic (exact) mass is 355 g/mol. The molecule has 2 aromatic rings. The number of hydrogen-bond donors (Lipinski definition) is 1. The Morgan fingerprint density at radius 3 is 2.70 bits per heavy atom. The van der Waals surface area contributed by atoms with Gasteiger partial charge in [-0.2, -0.15) is 0 Å². The van der Waals surface area contributed by atoms with Crippen LogP contribution in [0.5, 0.6) is 0 Å². The lowest BCUT2D eigenvalue weighted by molar-refractivity contribution is 0.554. The Morgan fingerprint density at radius 1 is 1.30 bits per heavy atom. The van der Waals surface area contributed by atoms with E-state index in [2.05, 4.69) is 27.3 Å². The van der Waals surface area contributed by atoms with E-state index in [-0.39, 0.29) is 16.9 Å². The van der Waals surface area contributed by atoms with Crippen molar-refractivity contribution in [2.24, 2.45) is 0 Å². The van der Waals surface area contributed by atoms with Crippen molar-refractivity contribution in [2.45, 2.75) is 19.4 Å². The summed E-state index contributed by atoms with van der Waals surface area (Å²) >= 11 is 9.32. The molecule has 0 aliphatic rings. The molecule has 1 N–H and O–H groups in total. The van der Waals surface area contributed by atoms with Gasteiger partial charge in [-0.3, -0.25) is 0 Å². The fourth-order valence-corrected chi connectivity index (χ4v) is 2.64. The Labute approximate surface area is 132 Å². The number of nitrogens with one attached hydrogen (secondary N) is 1. The molecule has 0 radical (unpaired) electrons. The predicted molar refractivity (Wildman–Crippen MR) is 85.8 cm³/mol. The van der Waals surface area contributed by atoms with Crippen LogP contribution in [0, 0.1) is 12.7 Å². The second kappa shape index (κ2) is 6.70. The van der Waals surface area contributed by atoms with E-state index >= 15 is 0 Å². The number of halogens is 3. The smallest absolute Gasteiger partial charge is 0.145 e. The summed E-state index contributed by atoms with van der Waals surface area (Å²) in [4.78, 5) is 0. The van der Waals surface area contributed by atoms with E-state index in [1.807, 2.05) is 26.1 Å². The largest absolute Gasteiger partial charge is 0.313 e. The summed E-state index contributed by atoms with van der Waals surface area (Å²) in [7, 11) is 1.88. The Morgan fingerprint density at radius 2 is 2.05 bits per heavy atom. The zero-order valence-corrected chi connectivity index (χ0v) is 13.7. The fraction of sp³-hybridized carbons (Fsp3) is 0.250. The Kier molecular flexibility index (Phi) is 5.19. The molecule has 2 aromatic carbocycles. The van der Waals surface area contributed by atoms with Crippen LogP contribution in [0.4, 0.5) is 4.39 Å². The zero-order chi connectivity index (χ0) is 14.7. The lowest BCUT2D eigenvalue weighted by atomic mass is 9.97. The van der Waals surface area contributed by atoms with E-state index < -0.39 is 0 Å². The van der Waals surface area contributed by atoms with Crippen LogP contribution in [-0.4, -0.2) is 7.05 Å². The Hall–Kier alpha value is -0.900. The number of hydrogen-bond acceptors (Lipinski definition) is 1. The average molecular weight is 357 g/mol. The van der Waals surface area contributed by atoms with Gasteiger partial charge in [-0.15, -0.1) is 0 Å². The van der Waals surface area contributed by atoms with Gasteiger partial charge in [0, 0.05) is 10.5 Å². The van der Waals surface area contributed by atoms with Crippen LogP contribution in [0.1, 0.15) is 22.7 Å². The molecule has 0 spiro atoms. The molecule has 2 rings (SSSR count). The molecule has 0 aliphatic heterocycles. The Bertz CT molecular complexity index is 615. The first-order chi connectivity index (χ1) is 9.52. The van der Waals surface area contributed by atoms with Gasteiger partial charge >= 0.3 is 0 Å². The van der Waals surface area contributed by atoms with Gasteiger partial charge in [0.2, 0.25) is 0 Å². The normalized spacial score (nSPS) is 12.4. The maximum Gasteiger partial charge on any atom is 0.145 e. The van der Waals surface area contributed by atoms with Crippen molar-refractivity contribution < 1.29 is 4.39 Å². The lowest BCUT2D eigenvalue weighted by Gasteiger charge is -2.18. The molecule has 0 bridgehead atoms. The van der Waals surface area contributed by atoms with E-state index in [4.69, 9.17) is 11.6 Å². The standard InChI is InChI=1S/C16H16BrClFN/c1-10-8-11(6-7-13(10)17)15(20-2)9-12-4-3-5-14(18)16(12)19/h3-8,15,20H,9H2,1-2H3. The number of benzene rings is 2. The summed E-state index contributed by atoms with van der Waals surface area (Å²) in [5.74, 6) is -0.330. The van der Waals surface area contributed by atoms with Gasteiger partial charge in [0.25, 0.3) is 0 Å². The van der Waals surface area contributed by atoms with Crippen LogP contribution in [0.3, 0.4) is 0 Å². The molecule has 0 saturated heterocycles. The quantitative estimate of drug-likeness (QED) is 0.808. The maximum absolute atomic E-state index is 14.0. The summed E-state index contributed by atoms with van der Waals surface area (Å²) in [6.07, 6.45) is 0.559. The molecule has 0 aliphatic carbocycles. The second-order valence-corrected chi connectivity index (χ2v) is 6.03. The average Bonchev–Trinajstić information content (AvgIpc) is 2.44. The molecule has 1 atom stereocenters. The number of aryl methyl sites for hydroxylation is 1. The first-order valence-electron chi connectivity index (χ1n) is 6.39. The van der Waals surface area contributed by atoms with Crippen LogP contribution < -0.4 is 5.32 Å². The maximum atomic E-state index is 14.0. The molecular weight excluding hydrogens is 341 g/mol. The highest BCUT2D eigenvalue weighted by atomic mass is 79.9. The fourth-order valence-electron chi connectivity index (χ4n) is 2.20. The van der Waals surface area contributed by atoms with Gasteiger partial charge < -0.3 is 5.32 Å². The molecule has 0 heterocycles. The van der Waals surface area contributed by atoms with Crippen LogP contribution in [0.25, 0.3) is 0 Å². The molecular formula is C16H16BrClFN. The minimum Gasteiger partial charge on any atom is -0.313 e. The highest BCUT2D eigenvalue weighted by molar-refractivity contribution is 9.10. The van der Waals surface area contributed by atoms with E-state index in [0.29, 0.717) is 12.0 Å². The lowest BCUT2D eigenvalue weighted by Crippen LogP contribution is -2.19. The van der Waals surface area contributed by atoms with Gasteiger partial charge in [-0.05, 0) is 49.2 Å². The van der Waals surface area contributed by atoms with E-state index in [1.165, 1.54) is 0 Å². The molecule has 1 unspecified atom stereocenters. The van der Waals surface area contributed by atoms with Crippen molar-refractivity contribution in [3.8, 4) is 0 Å². The first-order valence-corrected chi connectivity index (χ1v) is 7.56. The van der Waals surface area contributed by atoms with Gasteiger partial charge in [0.1, 0.15) is 5.82 Å². The van der Waals surface area contributed by atoms with Crippen LogP contribution >= 0.6 is 27.5 Å². The number of rotatable bonds is 4. The minimum atomic E-state index is -0.330. The van der Waals surface area contributed by atoms with Gasteiger partial charge in [0.15, 0.2) is 0 Å². The van der Waals surface area contributed by atoms with Gasteiger partial charge in [-0.1, -0.05) is 51.8 Å². The second-order valence-electron chi connectivity index (χ2n) is 4.77. The third-order valence-electron chi connectivity index (χ3n) is 3.39. The molecule has 20 heavy (non-hydrogen) atoms. The predicted octanol–water partition coefficient (Wildman–Crippen LogP) is 5.05. The topological polar surface area (TPSA) is 12.0 Å².